The second-order valence-electron chi connectivity index (χ2n) is 7.12. The number of allylic oxidation sites excluding steroid dienone is 4. The van der Waals surface area contributed by atoms with Gasteiger partial charge in [0, 0.05) is 0 Å². The molecule has 2 saturated heterocycles. The molecule has 0 aromatic carbocycles. The van der Waals surface area contributed by atoms with Crippen LogP contribution in [-0.4, -0.2) is 29.8 Å². The van der Waals surface area contributed by atoms with Crippen LogP contribution in [0.4, 0.5) is 0 Å². The average Bonchev–Trinajstić information content (AvgIpc) is 2.49. The molecule has 0 amide bonds. The minimum absolute atomic E-state index is 0.0412. The second-order valence-corrected chi connectivity index (χ2v) is 13.5. The van der Waals surface area contributed by atoms with Crippen molar-refractivity contribution in [3.63, 3.8) is 0 Å². The van der Waals surface area contributed by atoms with E-state index in [0.717, 1.165) is 12.8 Å². The fraction of sp³-hybridized carbons (Fsp3) is 0.722. The van der Waals surface area contributed by atoms with Gasteiger partial charge in [0.1, 0.15) is 0 Å². The summed E-state index contributed by atoms with van der Waals surface area (Å²) in [6.07, 6.45) is 11.6. The van der Waals surface area contributed by atoms with Crippen molar-refractivity contribution in [2.45, 2.75) is 56.0 Å². The third-order valence-corrected chi connectivity index (χ3v) is 13.5. The van der Waals surface area contributed by atoms with Crippen LogP contribution in [0, 0.1) is 11.3 Å². The molecule has 0 aromatic rings. The molecular formula is C18H27IO2. The number of aliphatic hydroxyl groups excluding tert-OH is 1. The molecule has 2 aliphatic heterocycles. The fourth-order valence-electron chi connectivity index (χ4n) is 4.24. The van der Waals surface area contributed by atoms with Crippen molar-refractivity contribution in [3.8, 4) is 0 Å². The van der Waals surface area contributed by atoms with Gasteiger partial charge in [0.2, 0.25) is 0 Å². The Morgan fingerprint density at radius 3 is 2.95 bits per heavy atom. The monoisotopic (exact) mass is 402 g/mol. The first-order chi connectivity index (χ1) is 10.0. The number of ketones is 1. The van der Waals surface area contributed by atoms with Crippen LogP contribution in [0.2, 0.25) is 0 Å². The van der Waals surface area contributed by atoms with Crippen LogP contribution >= 0.6 is 19.8 Å². The Balaban J connectivity index is 1.95. The summed E-state index contributed by atoms with van der Waals surface area (Å²) in [5.74, 6) is 0.763. The van der Waals surface area contributed by atoms with E-state index in [-0.39, 0.29) is 17.3 Å². The molecule has 3 aliphatic rings. The molecule has 3 heteroatoms. The van der Waals surface area contributed by atoms with Gasteiger partial charge in [-0.2, -0.15) is 0 Å². The van der Waals surface area contributed by atoms with Gasteiger partial charge in [-0.1, -0.05) is 0 Å². The van der Waals surface area contributed by atoms with Gasteiger partial charge in [-0.15, -0.1) is 0 Å². The first kappa shape index (κ1) is 15.7. The molecule has 3 rings (SSSR count). The Morgan fingerprint density at radius 1 is 1.33 bits per heavy atom. The summed E-state index contributed by atoms with van der Waals surface area (Å²) in [4.78, 5) is 11.7. The van der Waals surface area contributed by atoms with Gasteiger partial charge >= 0.3 is 135 Å². The van der Waals surface area contributed by atoms with Gasteiger partial charge in [0.25, 0.3) is 0 Å². The van der Waals surface area contributed by atoms with Crippen LogP contribution < -0.4 is 0 Å². The first-order valence-electron chi connectivity index (χ1n) is 8.23. The molecule has 1 N–H and O–H groups in total. The molecule has 1 unspecified atom stereocenters. The van der Waals surface area contributed by atoms with Crippen LogP contribution in [0.15, 0.2) is 23.8 Å². The van der Waals surface area contributed by atoms with Crippen molar-refractivity contribution < 1.29 is 9.90 Å². The number of hydrogen-bond donors (Lipinski definition) is 1. The number of hydrogen-bond acceptors (Lipinski definition) is 2. The van der Waals surface area contributed by atoms with Gasteiger partial charge in [-0.3, -0.25) is 0 Å². The zero-order valence-corrected chi connectivity index (χ0v) is 15.3. The number of carbonyl (C=O) groups excluding carboxylic acids is 1. The van der Waals surface area contributed by atoms with E-state index in [0.29, 0.717) is 9.84 Å². The molecule has 2 nitrogen and oxygen atoms in total. The fourth-order valence-corrected chi connectivity index (χ4v) is 12.8. The molecule has 0 saturated carbocycles. The predicted molar refractivity (Wildman–Crippen MR) is 96.1 cm³/mol. The average molecular weight is 402 g/mol. The molecule has 1 aliphatic carbocycles. The quantitative estimate of drug-likeness (QED) is 0.493. The van der Waals surface area contributed by atoms with Crippen LogP contribution in [0.25, 0.3) is 0 Å². The van der Waals surface area contributed by atoms with Crippen molar-refractivity contribution in [2.75, 3.05) is 8.86 Å². The van der Waals surface area contributed by atoms with E-state index in [9.17, 15) is 9.90 Å². The number of carbonyl (C=O) groups is 1. The molecule has 0 aromatic heterocycles. The van der Waals surface area contributed by atoms with E-state index in [2.05, 4.69) is 19.9 Å². The Bertz CT molecular complexity index is 482. The van der Waals surface area contributed by atoms with Crippen molar-refractivity contribution in [1.82, 2.24) is 0 Å². The zero-order valence-electron chi connectivity index (χ0n) is 13.1. The van der Waals surface area contributed by atoms with Crippen molar-refractivity contribution >= 4 is 25.6 Å². The van der Waals surface area contributed by atoms with E-state index >= 15 is 0 Å². The van der Waals surface area contributed by atoms with Crippen LogP contribution in [0.1, 0.15) is 46.0 Å². The summed E-state index contributed by atoms with van der Waals surface area (Å²) < 4.78 is 3.12. The second kappa shape index (κ2) is 6.15. The van der Waals surface area contributed by atoms with Crippen LogP contribution in [0.3, 0.4) is 0 Å². The molecule has 0 radical (unpaired) electrons. The van der Waals surface area contributed by atoms with E-state index in [1.165, 1.54) is 33.7 Å². The van der Waals surface area contributed by atoms with Gasteiger partial charge < -0.3 is 0 Å². The Morgan fingerprint density at radius 2 is 2.14 bits per heavy atom. The maximum atomic E-state index is 11.7. The number of halogens is 1. The maximum absolute atomic E-state index is 11.7. The van der Waals surface area contributed by atoms with E-state index < -0.39 is 19.8 Å². The van der Waals surface area contributed by atoms with E-state index in [1.807, 2.05) is 6.08 Å². The van der Waals surface area contributed by atoms with Crippen molar-refractivity contribution in [3.05, 3.63) is 23.8 Å². The van der Waals surface area contributed by atoms with E-state index in [4.69, 9.17) is 0 Å². The van der Waals surface area contributed by atoms with Gasteiger partial charge in [-0.25, -0.2) is 0 Å². The third-order valence-electron chi connectivity index (χ3n) is 5.42. The molecule has 0 bridgehead atoms. The molecule has 21 heavy (non-hydrogen) atoms. The summed E-state index contributed by atoms with van der Waals surface area (Å²) in [5.41, 5.74) is 1.25. The summed E-state index contributed by atoms with van der Waals surface area (Å²) in [5, 5.41) is 11.0. The summed E-state index contributed by atoms with van der Waals surface area (Å²) >= 11 is -1.16. The predicted octanol–water partition coefficient (Wildman–Crippen LogP) is 3.91. The molecule has 2 fully saturated rings. The van der Waals surface area contributed by atoms with Crippen molar-refractivity contribution in [1.29, 1.82) is 0 Å². The Labute approximate surface area is 135 Å². The van der Waals surface area contributed by atoms with Gasteiger partial charge in [-0.05, 0) is 0 Å². The molecule has 2 heterocycles. The van der Waals surface area contributed by atoms with Crippen molar-refractivity contribution in [2.24, 2.45) is 11.3 Å². The van der Waals surface area contributed by atoms with Gasteiger partial charge in [0.05, 0.1) is 0 Å². The number of fused-ring (bicyclic) bond motifs is 3. The number of alkyl halides is 3. The summed E-state index contributed by atoms with van der Waals surface area (Å²) in [7, 11) is 0. The third kappa shape index (κ3) is 3.00. The standard InChI is InChI=1S/C18H27IO2/c1-13-5-3-4-9-19-10-7-14-12-15(20)6-8-18(14,2)17(19)16(21)11-13/h6,8,12-13,16-17,21H,3-5,7,9-11H2,1-2H3/t13-,16+,17?,18+/m1/s1. The number of rotatable bonds is 0. The Hall–Kier alpha value is -0.160. The topological polar surface area (TPSA) is 37.3 Å². The van der Waals surface area contributed by atoms with Crippen LogP contribution in [-0.2, 0) is 4.79 Å². The van der Waals surface area contributed by atoms with E-state index in [1.54, 1.807) is 6.08 Å². The Kier molecular flexibility index (Phi) is 4.60. The minimum atomic E-state index is -1.16. The molecule has 118 valence electrons. The summed E-state index contributed by atoms with van der Waals surface area (Å²) in [6.45, 7) is 4.57. The zero-order chi connectivity index (χ0) is 15.0. The molecular weight excluding hydrogens is 375 g/mol. The first-order valence-corrected chi connectivity index (χ1v) is 12.5. The summed E-state index contributed by atoms with van der Waals surface area (Å²) in [6, 6.07) is 0. The number of aliphatic hydroxyl groups is 1. The molecule has 0 spiro atoms. The SMILES string of the molecule is C[C@@H]1CCCCI2CCC3=CC(=O)C=C[C@]3(C)C2[C@@H](O)C1. The molecule has 4 atom stereocenters. The normalized spacial score (nSPS) is 42.2. The van der Waals surface area contributed by atoms with Crippen LogP contribution in [0.5, 0.6) is 0 Å². The van der Waals surface area contributed by atoms with Gasteiger partial charge in [0.15, 0.2) is 0 Å².